The standard InChI is InChI=1S/C15H14FN3/c1-9-6-7-10(17)8-11(9)15-18-14-12(16)4-3-5-13(14)19(15)2/h3-8H,17H2,1-2H3. The Kier molecular flexibility index (Phi) is 2.52. The molecule has 2 N–H and O–H groups in total. The van der Waals surface area contributed by atoms with E-state index < -0.39 is 0 Å². The van der Waals surface area contributed by atoms with E-state index in [0.29, 0.717) is 11.2 Å². The van der Waals surface area contributed by atoms with E-state index in [-0.39, 0.29) is 5.82 Å². The number of nitrogens with zero attached hydrogens (tertiary/aromatic N) is 2. The van der Waals surface area contributed by atoms with Gasteiger partial charge in [-0.2, -0.15) is 0 Å². The Balaban J connectivity index is 2.34. The topological polar surface area (TPSA) is 43.8 Å². The first-order chi connectivity index (χ1) is 9.08. The molecular weight excluding hydrogens is 241 g/mol. The number of halogens is 1. The summed E-state index contributed by atoms with van der Waals surface area (Å²) in [7, 11) is 1.88. The Morgan fingerprint density at radius 1 is 1.21 bits per heavy atom. The van der Waals surface area contributed by atoms with Gasteiger partial charge in [-0.15, -0.1) is 0 Å². The van der Waals surface area contributed by atoms with Crippen molar-refractivity contribution in [2.45, 2.75) is 6.92 Å². The van der Waals surface area contributed by atoms with Gasteiger partial charge < -0.3 is 10.3 Å². The Hall–Kier alpha value is -2.36. The maximum absolute atomic E-state index is 13.8. The SMILES string of the molecule is Cc1ccc(N)cc1-c1nc2c(F)cccc2n1C. The van der Waals surface area contributed by atoms with Crippen LogP contribution in [0.4, 0.5) is 10.1 Å². The Bertz CT molecular complexity index is 774. The van der Waals surface area contributed by atoms with Crippen molar-refractivity contribution in [3.05, 3.63) is 47.8 Å². The Morgan fingerprint density at radius 3 is 2.74 bits per heavy atom. The van der Waals surface area contributed by atoms with Crippen LogP contribution in [0, 0.1) is 12.7 Å². The van der Waals surface area contributed by atoms with Gasteiger partial charge in [0.25, 0.3) is 0 Å². The minimum Gasteiger partial charge on any atom is -0.399 e. The molecule has 0 aliphatic rings. The summed E-state index contributed by atoms with van der Waals surface area (Å²) in [5, 5.41) is 0. The summed E-state index contributed by atoms with van der Waals surface area (Å²) in [4.78, 5) is 4.42. The Labute approximate surface area is 110 Å². The lowest BCUT2D eigenvalue weighted by Crippen LogP contribution is -1.96. The molecule has 0 amide bonds. The number of nitrogens with two attached hydrogens (primary N) is 1. The van der Waals surface area contributed by atoms with Crippen LogP contribution < -0.4 is 5.73 Å². The molecule has 0 saturated heterocycles. The van der Waals surface area contributed by atoms with Crippen LogP contribution >= 0.6 is 0 Å². The molecule has 1 heterocycles. The van der Waals surface area contributed by atoms with E-state index in [1.54, 1.807) is 6.07 Å². The number of benzene rings is 2. The molecule has 19 heavy (non-hydrogen) atoms. The number of hydrogen-bond donors (Lipinski definition) is 1. The lowest BCUT2D eigenvalue weighted by molar-refractivity contribution is 0.637. The second-order valence-corrected chi connectivity index (χ2v) is 4.68. The highest BCUT2D eigenvalue weighted by Gasteiger charge is 2.14. The summed E-state index contributed by atoms with van der Waals surface area (Å²) in [5.41, 5.74) is 9.66. The van der Waals surface area contributed by atoms with E-state index in [2.05, 4.69) is 4.98 Å². The normalized spacial score (nSPS) is 11.1. The third-order valence-corrected chi connectivity index (χ3v) is 3.36. The van der Waals surface area contributed by atoms with Gasteiger partial charge in [-0.05, 0) is 36.8 Å². The molecule has 3 nitrogen and oxygen atoms in total. The van der Waals surface area contributed by atoms with Crippen molar-refractivity contribution in [1.82, 2.24) is 9.55 Å². The number of rotatable bonds is 1. The maximum Gasteiger partial charge on any atom is 0.151 e. The molecule has 0 fully saturated rings. The third kappa shape index (κ3) is 1.76. The molecule has 0 aliphatic carbocycles. The van der Waals surface area contributed by atoms with Crippen LogP contribution in [0.25, 0.3) is 22.4 Å². The van der Waals surface area contributed by atoms with E-state index >= 15 is 0 Å². The summed E-state index contributed by atoms with van der Waals surface area (Å²) in [6.07, 6.45) is 0. The van der Waals surface area contributed by atoms with Crippen molar-refractivity contribution in [1.29, 1.82) is 0 Å². The smallest absolute Gasteiger partial charge is 0.151 e. The van der Waals surface area contributed by atoms with Gasteiger partial charge in [0.15, 0.2) is 5.82 Å². The van der Waals surface area contributed by atoms with Gasteiger partial charge in [-0.3, -0.25) is 0 Å². The molecule has 0 radical (unpaired) electrons. The zero-order valence-corrected chi connectivity index (χ0v) is 10.8. The first-order valence-electron chi connectivity index (χ1n) is 6.05. The second kappa shape index (κ2) is 4.09. The highest BCUT2D eigenvalue weighted by Crippen LogP contribution is 2.28. The molecule has 4 heteroatoms. The zero-order valence-electron chi connectivity index (χ0n) is 10.8. The van der Waals surface area contributed by atoms with Crippen LogP contribution in [0.2, 0.25) is 0 Å². The largest absolute Gasteiger partial charge is 0.399 e. The van der Waals surface area contributed by atoms with Crippen molar-refractivity contribution in [2.75, 3.05) is 5.73 Å². The Morgan fingerprint density at radius 2 is 2.00 bits per heavy atom. The molecule has 3 rings (SSSR count). The quantitative estimate of drug-likeness (QED) is 0.678. The molecule has 3 aromatic rings. The number of hydrogen-bond acceptors (Lipinski definition) is 2. The van der Waals surface area contributed by atoms with Crippen molar-refractivity contribution in [3.8, 4) is 11.4 Å². The van der Waals surface area contributed by atoms with Crippen molar-refractivity contribution >= 4 is 16.7 Å². The summed E-state index contributed by atoms with van der Waals surface area (Å²) in [5.74, 6) is 0.422. The highest BCUT2D eigenvalue weighted by atomic mass is 19.1. The van der Waals surface area contributed by atoms with Gasteiger partial charge >= 0.3 is 0 Å². The van der Waals surface area contributed by atoms with E-state index in [1.807, 2.05) is 42.8 Å². The fraction of sp³-hybridized carbons (Fsp3) is 0.133. The molecule has 0 spiro atoms. The number of nitrogen functional groups attached to an aromatic ring is 1. The molecule has 0 aliphatic heterocycles. The summed E-state index contributed by atoms with van der Waals surface area (Å²) in [6.45, 7) is 1.99. The van der Waals surface area contributed by atoms with Gasteiger partial charge in [0.05, 0.1) is 5.52 Å². The van der Waals surface area contributed by atoms with Crippen LogP contribution in [0.3, 0.4) is 0 Å². The number of aryl methyl sites for hydroxylation is 2. The van der Waals surface area contributed by atoms with Gasteiger partial charge in [-0.1, -0.05) is 12.1 Å². The minimum atomic E-state index is -0.305. The van der Waals surface area contributed by atoms with Gasteiger partial charge in [-0.25, -0.2) is 9.37 Å². The van der Waals surface area contributed by atoms with Crippen molar-refractivity contribution < 1.29 is 4.39 Å². The number of imidazole rings is 1. The number of para-hydroxylation sites is 1. The number of aromatic nitrogens is 2. The molecule has 0 unspecified atom stereocenters. The van der Waals surface area contributed by atoms with E-state index in [1.165, 1.54) is 6.07 Å². The van der Waals surface area contributed by atoms with Gasteiger partial charge in [0.1, 0.15) is 11.3 Å². The molecule has 2 aromatic carbocycles. The highest BCUT2D eigenvalue weighted by molar-refractivity contribution is 5.82. The summed E-state index contributed by atoms with van der Waals surface area (Å²) < 4.78 is 15.7. The monoisotopic (exact) mass is 255 g/mol. The number of anilines is 1. The second-order valence-electron chi connectivity index (χ2n) is 4.68. The van der Waals surface area contributed by atoms with Gasteiger partial charge in [0, 0.05) is 18.3 Å². The zero-order chi connectivity index (χ0) is 13.6. The lowest BCUT2D eigenvalue weighted by Gasteiger charge is -2.07. The van der Waals surface area contributed by atoms with Crippen molar-refractivity contribution in [2.24, 2.45) is 7.05 Å². The first kappa shape index (κ1) is 11.7. The molecule has 96 valence electrons. The molecule has 0 bridgehead atoms. The molecule has 1 aromatic heterocycles. The maximum atomic E-state index is 13.8. The predicted octanol–water partition coefficient (Wildman–Crippen LogP) is 3.27. The van der Waals surface area contributed by atoms with Crippen LogP contribution in [0.5, 0.6) is 0 Å². The average Bonchev–Trinajstić information content (AvgIpc) is 2.72. The van der Waals surface area contributed by atoms with Gasteiger partial charge in [0.2, 0.25) is 0 Å². The summed E-state index contributed by atoms with van der Waals surface area (Å²) in [6, 6.07) is 10.6. The molecule has 0 atom stereocenters. The van der Waals surface area contributed by atoms with Crippen LogP contribution in [0.15, 0.2) is 36.4 Å². The fourth-order valence-electron chi connectivity index (χ4n) is 2.30. The van der Waals surface area contributed by atoms with Crippen LogP contribution in [-0.2, 0) is 7.05 Å². The van der Waals surface area contributed by atoms with E-state index in [4.69, 9.17) is 5.73 Å². The van der Waals surface area contributed by atoms with Crippen LogP contribution in [0.1, 0.15) is 5.56 Å². The van der Waals surface area contributed by atoms with Crippen LogP contribution in [-0.4, -0.2) is 9.55 Å². The third-order valence-electron chi connectivity index (χ3n) is 3.36. The molecular formula is C15H14FN3. The van der Waals surface area contributed by atoms with E-state index in [0.717, 1.165) is 22.5 Å². The lowest BCUT2D eigenvalue weighted by atomic mass is 10.1. The minimum absolute atomic E-state index is 0.305. The average molecular weight is 255 g/mol. The molecule has 0 saturated carbocycles. The predicted molar refractivity (Wildman–Crippen MR) is 75.3 cm³/mol. The number of fused-ring (bicyclic) bond motifs is 1. The van der Waals surface area contributed by atoms with E-state index in [9.17, 15) is 4.39 Å². The van der Waals surface area contributed by atoms with Crippen molar-refractivity contribution in [3.63, 3.8) is 0 Å². The first-order valence-corrected chi connectivity index (χ1v) is 6.05. The summed E-state index contributed by atoms with van der Waals surface area (Å²) >= 11 is 0. The fourth-order valence-corrected chi connectivity index (χ4v) is 2.30.